The predicted molar refractivity (Wildman–Crippen MR) is 96.2 cm³/mol. The fourth-order valence-corrected chi connectivity index (χ4v) is 3.11. The zero-order valence-electron chi connectivity index (χ0n) is 14.8. The summed E-state index contributed by atoms with van der Waals surface area (Å²) in [6.45, 7) is 2.31. The van der Waals surface area contributed by atoms with E-state index >= 15 is 0 Å². The van der Waals surface area contributed by atoms with Crippen molar-refractivity contribution in [2.75, 3.05) is 25.9 Å². The van der Waals surface area contributed by atoms with Crippen molar-refractivity contribution in [3.8, 4) is 0 Å². The van der Waals surface area contributed by atoms with Gasteiger partial charge in [0, 0.05) is 19.0 Å². The lowest BCUT2D eigenvalue weighted by atomic mass is 10.2. The number of amides is 2. The first-order chi connectivity index (χ1) is 12.7. The topological polar surface area (TPSA) is 75.2 Å². The molecule has 0 atom stereocenters. The van der Waals surface area contributed by atoms with E-state index in [1.165, 1.54) is 18.0 Å². The fourth-order valence-electron chi connectivity index (χ4n) is 2.15. The number of nitrogens with zero attached hydrogens (tertiary/aromatic N) is 3. The minimum absolute atomic E-state index is 0.0742. The highest BCUT2D eigenvalue weighted by atomic mass is 32.2. The number of benzene rings is 1. The van der Waals surface area contributed by atoms with Crippen LogP contribution >= 0.6 is 11.8 Å². The Bertz CT molecular complexity index is 829. The van der Waals surface area contributed by atoms with Gasteiger partial charge in [-0.25, -0.2) is 9.97 Å². The van der Waals surface area contributed by atoms with Crippen LogP contribution in [-0.4, -0.2) is 52.6 Å². The number of carbonyl (C=O) groups excluding carboxylic acids is 2. The second kappa shape index (κ2) is 9.03. The molecule has 0 aliphatic carbocycles. The molecule has 0 fully saturated rings. The Balaban J connectivity index is 2.11. The molecule has 1 N–H and O–H groups in total. The molecule has 1 heterocycles. The average Bonchev–Trinajstić information content (AvgIpc) is 2.63. The van der Waals surface area contributed by atoms with Crippen molar-refractivity contribution >= 4 is 34.5 Å². The number of nitrogens with one attached hydrogen (secondary N) is 1. The van der Waals surface area contributed by atoms with E-state index in [2.05, 4.69) is 15.3 Å². The standard InChI is InChI=1S/C17H19F3N4O2S/c1-3-8-21-13(25)9-24(2)14(26)10-27-15-11-6-4-5-7-12(11)22-16(23-15)17(18,19)20/h4-7H,3,8-10H2,1-2H3,(H,21,25). The number of para-hydroxylation sites is 1. The van der Waals surface area contributed by atoms with Gasteiger partial charge in [0.1, 0.15) is 5.03 Å². The van der Waals surface area contributed by atoms with Crippen LogP contribution in [0.5, 0.6) is 0 Å². The van der Waals surface area contributed by atoms with E-state index in [0.717, 1.165) is 18.2 Å². The lowest BCUT2D eigenvalue weighted by molar-refractivity contribution is -0.145. The van der Waals surface area contributed by atoms with E-state index in [1.54, 1.807) is 18.2 Å². The summed E-state index contributed by atoms with van der Waals surface area (Å²) >= 11 is 0.888. The quantitative estimate of drug-likeness (QED) is 0.571. The summed E-state index contributed by atoms with van der Waals surface area (Å²) in [5.41, 5.74) is 0.155. The molecule has 0 unspecified atom stereocenters. The van der Waals surface area contributed by atoms with Gasteiger partial charge < -0.3 is 10.2 Å². The van der Waals surface area contributed by atoms with Crippen LogP contribution in [0.15, 0.2) is 29.3 Å². The van der Waals surface area contributed by atoms with Crippen LogP contribution < -0.4 is 5.32 Å². The molecule has 0 spiro atoms. The van der Waals surface area contributed by atoms with E-state index in [0.29, 0.717) is 11.9 Å². The van der Waals surface area contributed by atoms with Gasteiger partial charge in [-0.15, -0.1) is 0 Å². The van der Waals surface area contributed by atoms with Crippen LogP contribution in [0.25, 0.3) is 10.9 Å². The molecule has 2 rings (SSSR count). The van der Waals surface area contributed by atoms with E-state index in [-0.39, 0.29) is 34.7 Å². The lowest BCUT2D eigenvalue weighted by Crippen LogP contribution is -2.39. The Morgan fingerprint density at radius 3 is 2.59 bits per heavy atom. The van der Waals surface area contributed by atoms with E-state index < -0.39 is 12.0 Å². The summed E-state index contributed by atoms with van der Waals surface area (Å²) in [5, 5.41) is 3.17. The molecule has 6 nitrogen and oxygen atoms in total. The molecule has 2 amide bonds. The van der Waals surface area contributed by atoms with E-state index in [4.69, 9.17) is 0 Å². The maximum Gasteiger partial charge on any atom is 0.451 e. The smallest absolute Gasteiger partial charge is 0.355 e. The summed E-state index contributed by atoms with van der Waals surface area (Å²) in [4.78, 5) is 32.2. The number of alkyl halides is 3. The van der Waals surface area contributed by atoms with E-state index in [9.17, 15) is 22.8 Å². The average molecular weight is 400 g/mol. The maximum atomic E-state index is 13.0. The molecule has 0 aliphatic heterocycles. The largest absolute Gasteiger partial charge is 0.451 e. The number of halogens is 3. The van der Waals surface area contributed by atoms with Gasteiger partial charge in [-0.3, -0.25) is 9.59 Å². The molecular formula is C17H19F3N4O2S. The lowest BCUT2D eigenvalue weighted by Gasteiger charge is -2.17. The Hall–Kier alpha value is -2.36. The molecule has 0 saturated carbocycles. The summed E-state index contributed by atoms with van der Waals surface area (Å²) in [5.74, 6) is -2.06. The molecule has 0 saturated heterocycles. The van der Waals surface area contributed by atoms with Crippen molar-refractivity contribution in [3.05, 3.63) is 30.1 Å². The number of rotatable bonds is 7. The minimum Gasteiger partial charge on any atom is -0.355 e. The van der Waals surface area contributed by atoms with Crippen LogP contribution in [0.1, 0.15) is 19.2 Å². The highest BCUT2D eigenvalue weighted by Crippen LogP contribution is 2.32. The third kappa shape index (κ3) is 5.81. The van der Waals surface area contributed by atoms with Crippen LogP contribution in [-0.2, 0) is 15.8 Å². The zero-order valence-corrected chi connectivity index (χ0v) is 15.7. The van der Waals surface area contributed by atoms with Crippen molar-refractivity contribution in [2.45, 2.75) is 24.5 Å². The maximum absolute atomic E-state index is 13.0. The number of likely N-dealkylation sites (N-methyl/N-ethyl adjacent to an activating group) is 1. The third-order valence-corrected chi connectivity index (χ3v) is 4.51. The van der Waals surface area contributed by atoms with Gasteiger partial charge in [-0.1, -0.05) is 36.9 Å². The van der Waals surface area contributed by atoms with Gasteiger partial charge in [0.05, 0.1) is 17.8 Å². The van der Waals surface area contributed by atoms with Crippen molar-refractivity contribution in [1.82, 2.24) is 20.2 Å². The summed E-state index contributed by atoms with van der Waals surface area (Å²) in [6, 6.07) is 6.30. The van der Waals surface area contributed by atoms with Gasteiger partial charge in [-0.05, 0) is 12.5 Å². The summed E-state index contributed by atoms with van der Waals surface area (Å²) in [7, 11) is 1.47. The summed E-state index contributed by atoms with van der Waals surface area (Å²) in [6.07, 6.45) is -3.90. The highest BCUT2D eigenvalue weighted by molar-refractivity contribution is 8.00. The van der Waals surface area contributed by atoms with Crippen LogP contribution in [0.4, 0.5) is 13.2 Å². The number of thioether (sulfide) groups is 1. The van der Waals surface area contributed by atoms with Crippen LogP contribution in [0.2, 0.25) is 0 Å². The van der Waals surface area contributed by atoms with Gasteiger partial charge >= 0.3 is 6.18 Å². The monoisotopic (exact) mass is 400 g/mol. The second-order valence-corrected chi connectivity index (χ2v) is 6.72. The Morgan fingerprint density at radius 2 is 1.93 bits per heavy atom. The molecule has 146 valence electrons. The Labute approximate surface area is 158 Å². The molecule has 10 heteroatoms. The van der Waals surface area contributed by atoms with Crippen molar-refractivity contribution in [1.29, 1.82) is 0 Å². The summed E-state index contributed by atoms with van der Waals surface area (Å²) < 4.78 is 39.0. The first kappa shape index (κ1) is 20.9. The van der Waals surface area contributed by atoms with Crippen LogP contribution in [0.3, 0.4) is 0 Å². The minimum atomic E-state index is -4.68. The second-order valence-electron chi connectivity index (χ2n) is 5.76. The van der Waals surface area contributed by atoms with E-state index in [1.807, 2.05) is 6.92 Å². The zero-order chi connectivity index (χ0) is 20.0. The van der Waals surface area contributed by atoms with Gasteiger partial charge in [0.2, 0.25) is 17.6 Å². The van der Waals surface area contributed by atoms with Crippen molar-refractivity contribution < 1.29 is 22.8 Å². The number of aromatic nitrogens is 2. The van der Waals surface area contributed by atoms with Gasteiger partial charge in [0.15, 0.2) is 0 Å². The van der Waals surface area contributed by atoms with Gasteiger partial charge in [0.25, 0.3) is 0 Å². The third-order valence-electron chi connectivity index (χ3n) is 3.53. The SMILES string of the molecule is CCCNC(=O)CN(C)C(=O)CSc1nc(C(F)(F)F)nc2ccccc12. The number of carbonyl (C=O) groups is 2. The van der Waals surface area contributed by atoms with Crippen molar-refractivity contribution in [3.63, 3.8) is 0 Å². The first-order valence-electron chi connectivity index (χ1n) is 8.19. The van der Waals surface area contributed by atoms with Gasteiger partial charge in [-0.2, -0.15) is 13.2 Å². The van der Waals surface area contributed by atoms with Crippen molar-refractivity contribution in [2.24, 2.45) is 0 Å². The Kier molecular flexibility index (Phi) is 7.00. The molecular weight excluding hydrogens is 381 g/mol. The Morgan fingerprint density at radius 1 is 1.22 bits per heavy atom. The van der Waals surface area contributed by atoms with Crippen LogP contribution in [0, 0.1) is 0 Å². The first-order valence-corrected chi connectivity index (χ1v) is 9.18. The molecule has 0 aliphatic rings. The molecule has 27 heavy (non-hydrogen) atoms. The molecule has 2 aromatic rings. The number of hydrogen-bond acceptors (Lipinski definition) is 5. The molecule has 1 aromatic heterocycles. The highest BCUT2D eigenvalue weighted by Gasteiger charge is 2.35. The number of hydrogen-bond donors (Lipinski definition) is 1. The number of fused-ring (bicyclic) bond motifs is 1. The molecule has 0 radical (unpaired) electrons. The molecule has 1 aromatic carbocycles. The fraction of sp³-hybridized carbons (Fsp3) is 0.412. The predicted octanol–water partition coefficient (Wildman–Crippen LogP) is 2.73. The molecule has 0 bridgehead atoms. The normalized spacial score (nSPS) is 11.4.